The molecule has 0 saturated heterocycles. The van der Waals surface area contributed by atoms with Crippen LogP contribution in [0.2, 0.25) is 0 Å². The Bertz CT molecular complexity index is 380. The molecule has 1 saturated carbocycles. The van der Waals surface area contributed by atoms with Gasteiger partial charge in [0, 0.05) is 24.8 Å². The maximum absolute atomic E-state index is 5.99. The van der Waals surface area contributed by atoms with Crippen LogP contribution >= 0.6 is 0 Å². The largest absolute Gasteiger partial charge is 0.398 e. The second-order valence-corrected chi connectivity index (χ2v) is 5.12. The van der Waals surface area contributed by atoms with Crippen molar-refractivity contribution in [2.75, 3.05) is 5.73 Å². The number of fused-ring (bicyclic) bond motifs is 1. The van der Waals surface area contributed by atoms with Crippen LogP contribution in [0.4, 0.5) is 5.69 Å². The van der Waals surface area contributed by atoms with Crippen molar-refractivity contribution in [3.63, 3.8) is 0 Å². The molecule has 1 aromatic rings. The van der Waals surface area contributed by atoms with Crippen molar-refractivity contribution in [3.05, 3.63) is 29.3 Å². The minimum Gasteiger partial charge on any atom is -0.398 e. The maximum atomic E-state index is 5.99. The van der Waals surface area contributed by atoms with Gasteiger partial charge < -0.3 is 5.73 Å². The Morgan fingerprint density at radius 3 is 2.73 bits per heavy atom. The smallest absolute Gasteiger partial charge is 0.0363 e. The molecule has 0 radical (unpaired) electrons. The maximum Gasteiger partial charge on any atom is 0.0363 e. The van der Waals surface area contributed by atoms with E-state index in [1.807, 2.05) is 6.07 Å². The normalized spacial score (nSPS) is 29.9. The Morgan fingerprint density at radius 2 is 2.07 bits per heavy atom. The molecule has 0 atom stereocenters. The first-order valence-electron chi connectivity index (χ1n) is 5.84. The number of nitrogen functional groups attached to an aromatic ring is 1. The number of rotatable bonds is 1. The van der Waals surface area contributed by atoms with E-state index in [4.69, 9.17) is 5.73 Å². The summed E-state index contributed by atoms with van der Waals surface area (Å²) >= 11 is 0. The van der Waals surface area contributed by atoms with Crippen LogP contribution in [-0.4, -0.2) is 10.9 Å². The molecule has 0 bridgehead atoms. The van der Waals surface area contributed by atoms with Gasteiger partial charge in [-0.15, -0.1) is 0 Å². The number of hydrogen-bond acceptors (Lipinski definition) is 2. The van der Waals surface area contributed by atoms with E-state index in [1.165, 1.54) is 24.0 Å². The van der Waals surface area contributed by atoms with Crippen LogP contribution in [0.5, 0.6) is 0 Å². The van der Waals surface area contributed by atoms with E-state index in [1.54, 1.807) is 0 Å². The van der Waals surface area contributed by atoms with Gasteiger partial charge >= 0.3 is 0 Å². The van der Waals surface area contributed by atoms with Crippen LogP contribution in [0, 0.1) is 5.92 Å². The van der Waals surface area contributed by atoms with Gasteiger partial charge in [-0.05, 0) is 36.0 Å². The Morgan fingerprint density at radius 1 is 1.27 bits per heavy atom. The highest BCUT2D eigenvalue weighted by Crippen LogP contribution is 2.37. The monoisotopic (exact) mass is 202 g/mol. The van der Waals surface area contributed by atoms with Gasteiger partial charge in [0.25, 0.3) is 0 Å². The van der Waals surface area contributed by atoms with E-state index < -0.39 is 0 Å². The molecule has 1 fully saturated rings. The third-order valence-corrected chi connectivity index (χ3v) is 3.91. The van der Waals surface area contributed by atoms with Crippen molar-refractivity contribution in [1.29, 1.82) is 0 Å². The van der Waals surface area contributed by atoms with Gasteiger partial charge in [0.15, 0.2) is 0 Å². The van der Waals surface area contributed by atoms with Crippen LogP contribution in [-0.2, 0) is 13.1 Å². The van der Waals surface area contributed by atoms with E-state index in [0.717, 1.165) is 30.7 Å². The summed E-state index contributed by atoms with van der Waals surface area (Å²) in [6, 6.07) is 7.12. The molecule has 15 heavy (non-hydrogen) atoms. The molecule has 0 aromatic heterocycles. The van der Waals surface area contributed by atoms with Gasteiger partial charge in [0.05, 0.1) is 0 Å². The Kier molecular flexibility index (Phi) is 1.99. The molecule has 0 amide bonds. The number of benzene rings is 1. The summed E-state index contributed by atoms with van der Waals surface area (Å²) in [7, 11) is 0. The van der Waals surface area contributed by atoms with E-state index >= 15 is 0 Å². The van der Waals surface area contributed by atoms with Crippen molar-refractivity contribution in [2.24, 2.45) is 5.92 Å². The summed E-state index contributed by atoms with van der Waals surface area (Å²) < 4.78 is 0. The fraction of sp³-hybridized carbons (Fsp3) is 0.538. The molecule has 0 unspecified atom stereocenters. The van der Waals surface area contributed by atoms with E-state index in [9.17, 15) is 0 Å². The average molecular weight is 202 g/mol. The molecule has 3 rings (SSSR count). The van der Waals surface area contributed by atoms with Gasteiger partial charge in [-0.1, -0.05) is 19.1 Å². The van der Waals surface area contributed by atoms with Gasteiger partial charge in [0.2, 0.25) is 0 Å². The third-order valence-electron chi connectivity index (χ3n) is 3.91. The van der Waals surface area contributed by atoms with Gasteiger partial charge in [0.1, 0.15) is 0 Å². The zero-order chi connectivity index (χ0) is 10.4. The molecule has 80 valence electrons. The van der Waals surface area contributed by atoms with Gasteiger partial charge in [-0.25, -0.2) is 0 Å². The molecule has 2 heteroatoms. The molecule has 2 aliphatic rings. The van der Waals surface area contributed by atoms with E-state index in [0.29, 0.717) is 0 Å². The summed E-state index contributed by atoms with van der Waals surface area (Å²) in [5.74, 6) is 0.927. The minimum atomic E-state index is 0.812. The summed E-state index contributed by atoms with van der Waals surface area (Å²) in [6.07, 6.45) is 2.74. The zero-order valence-corrected chi connectivity index (χ0v) is 9.24. The predicted octanol–water partition coefficient (Wildman–Crippen LogP) is 2.38. The molecule has 2 nitrogen and oxygen atoms in total. The van der Waals surface area contributed by atoms with Crippen LogP contribution in [0.1, 0.15) is 30.9 Å². The van der Waals surface area contributed by atoms with Crippen molar-refractivity contribution < 1.29 is 0 Å². The highest BCUT2D eigenvalue weighted by atomic mass is 15.2. The number of nitrogens with zero attached hydrogens (tertiary/aromatic N) is 1. The molecule has 1 aromatic carbocycles. The lowest BCUT2D eigenvalue weighted by molar-refractivity contribution is 0.0843. The summed E-state index contributed by atoms with van der Waals surface area (Å²) in [6.45, 7) is 4.52. The fourth-order valence-electron chi connectivity index (χ4n) is 2.89. The SMILES string of the molecule is CC1CC(N2Cc3cccc(N)c3C2)C1. The van der Waals surface area contributed by atoms with Crippen molar-refractivity contribution in [2.45, 2.75) is 38.9 Å². The van der Waals surface area contributed by atoms with Crippen molar-refractivity contribution in [3.8, 4) is 0 Å². The molecule has 1 aliphatic heterocycles. The number of anilines is 1. The standard InChI is InChI=1S/C13H18N2/c1-9-5-11(6-9)15-7-10-3-2-4-13(14)12(10)8-15/h2-4,9,11H,5-8,14H2,1H3. The molecule has 0 spiro atoms. The summed E-state index contributed by atoms with van der Waals surface area (Å²) in [5.41, 5.74) is 9.78. The second kappa shape index (κ2) is 3.24. The Labute approximate surface area is 91.1 Å². The zero-order valence-electron chi connectivity index (χ0n) is 9.24. The molecule has 1 heterocycles. The Hall–Kier alpha value is -1.02. The van der Waals surface area contributed by atoms with E-state index in [2.05, 4.69) is 24.0 Å². The fourth-order valence-corrected chi connectivity index (χ4v) is 2.89. The first-order chi connectivity index (χ1) is 7.24. The Balaban J connectivity index is 1.78. The highest BCUT2D eigenvalue weighted by Gasteiger charge is 2.34. The van der Waals surface area contributed by atoms with Crippen LogP contribution < -0.4 is 5.73 Å². The second-order valence-electron chi connectivity index (χ2n) is 5.12. The van der Waals surface area contributed by atoms with Crippen LogP contribution in [0.15, 0.2) is 18.2 Å². The third kappa shape index (κ3) is 1.44. The lowest BCUT2D eigenvalue weighted by Crippen LogP contribution is -2.40. The lowest BCUT2D eigenvalue weighted by atomic mass is 9.81. The molecule has 1 aliphatic carbocycles. The first-order valence-corrected chi connectivity index (χ1v) is 5.84. The number of nitrogens with two attached hydrogens (primary N) is 1. The van der Waals surface area contributed by atoms with Gasteiger partial charge in [-0.2, -0.15) is 0 Å². The van der Waals surface area contributed by atoms with Crippen LogP contribution in [0.3, 0.4) is 0 Å². The summed E-state index contributed by atoms with van der Waals surface area (Å²) in [5, 5.41) is 0. The number of hydrogen-bond donors (Lipinski definition) is 1. The van der Waals surface area contributed by atoms with Crippen molar-refractivity contribution in [1.82, 2.24) is 4.90 Å². The molecule has 2 N–H and O–H groups in total. The minimum absolute atomic E-state index is 0.812. The van der Waals surface area contributed by atoms with Crippen molar-refractivity contribution >= 4 is 5.69 Å². The molecular weight excluding hydrogens is 184 g/mol. The quantitative estimate of drug-likeness (QED) is 0.708. The topological polar surface area (TPSA) is 29.3 Å². The lowest BCUT2D eigenvalue weighted by Gasteiger charge is -2.39. The van der Waals surface area contributed by atoms with Crippen LogP contribution in [0.25, 0.3) is 0 Å². The summed E-state index contributed by atoms with van der Waals surface area (Å²) in [4.78, 5) is 2.58. The highest BCUT2D eigenvalue weighted by molar-refractivity contribution is 5.52. The average Bonchev–Trinajstić information content (AvgIpc) is 2.58. The van der Waals surface area contributed by atoms with Gasteiger partial charge in [-0.3, -0.25) is 4.90 Å². The first kappa shape index (κ1) is 9.22. The van der Waals surface area contributed by atoms with E-state index in [-0.39, 0.29) is 0 Å². The molecular formula is C13H18N2. The predicted molar refractivity (Wildman–Crippen MR) is 62.3 cm³/mol.